The molecule has 1 amide bonds. The van der Waals surface area contributed by atoms with E-state index in [-0.39, 0.29) is 11.4 Å². The molecule has 0 heterocycles. The van der Waals surface area contributed by atoms with Gasteiger partial charge >= 0.3 is 0 Å². The summed E-state index contributed by atoms with van der Waals surface area (Å²) >= 11 is 6.07. The number of sulfonamides is 1. The van der Waals surface area contributed by atoms with Crippen LogP contribution in [-0.2, 0) is 14.8 Å². The Morgan fingerprint density at radius 2 is 1.66 bits per heavy atom. The van der Waals surface area contributed by atoms with Crippen LogP contribution < -0.4 is 9.62 Å². The van der Waals surface area contributed by atoms with Gasteiger partial charge in [0.15, 0.2) is 0 Å². The minimum Gasteiger partial charge on any atom is -0.324 e. The number of anilines is 2. The summed E-state index contributed by atoms with van der Waals surface area (Å²) in [5, 5.41) is 3.19. The second kappa shape index (κ2) is 8.68. The van der Waals surface area contributed by atoms with Crippen molar-refractivity contribution >= 4 is 38.9 Å². The molecule has 0 spiro atoms. The fraction of sp³-hybridized carbons (Fsp3) is 0.136. The molecule has 7 heteroatoms. The predicted octanol–water partition coefficient (Wildman–Crippen LogP) is 4.79. The largest absolute Gasteiger partial charge is 0.324 e. The highest BCUT2D eigenvalue weighted by molar-refractivity contribution is 7.92. The van der Waals surface area contributed by atoms with Gasteiger partial charge in [0, 0.05) is 10.7 Å². The third kappa shape index (κ3) is 4.78. The maximum absolute atomic E-state index is 13.3. The van der Waals surface area contributed by atoms with Gasteiger partial charge in [0.2, 0.25) is 5.91 Å². The standard InChI is InChI=1S/C22H21ClN2O3S/c1-16-8-6-13-21(17(16)2)24-22(26)15-25(19-10-7-9-18(23)14-19)29(27,28)20-11-4-3-5-12-20/h3-14H,15H2,1-2H3,(H,24,26). The topological polar surface area (TPSA) is 66.5 Å². The number of halogens is 1. The number of rotatable bonds is 6. The van der Waals surface area contributed by atoms with E-state index in [9.17, 15) is 13.2 Å². The predicted molar refractivity (Wildman–Crippen MR) is 117 cm³/mol. The van der Waals surface area contributed by atoms with Gasteiger partial charge in [-0.2, -0.15) is 0 Å². The zero-order chi connectivity index (χ0) is 21.0. The van der Waals surface area contributed by atoms with Crippen molar-refractivity contribution in [3.8, 4) is 0 Å². The van der Waals surface area contributed by atoms with E-state index in [1.165, 1.54) is 18.2 Å². The van der Waals surface area contributed by atoms with Crippen LogP contribution in [0.3, 0.4) is 0 Å². The second-order valence-corrected chi connectivity index (χ2v) is 8.90. The SMILES string of the molecule is Cc1cccc(NC(=O)CN(c2cccc(Cl)c2)S(=O)(=O)c2ccccc2)c1C. The van der Waals surface area contributed by atoms with E-state index in [0.29, 0.717) is 16.4 Å². The minimum absolute atomic E-state index is 0.0968. The van der Waals surface area contributed by atoms with Crippen LogP contribution in [0, 0.1) is 13.8 Å². The molecule has 3 aromatic rings. The number of carbonyl (C=O) groups excluding carboxylic acids is 1. The number of hydrogen-bond acceptors (Lipinski definition) is 3. The zero-order valence-electron chi connectivity index (χ0n) is 16.1. The van der Waals surface area contributed by atoms with Crippen LogP contribution >= 0.6 is 11.6 Å². The van der Waals surface area contributed by atoms with Crippen molar-refractivity contribution in [2.75, 3.05) is 16.2 Å². The fourth-order valence-corrected chi connectivity index (χ4v) is 4.49. The molecule has 0 saturated carbocycles. The van der Waals surface area contributed by atoms with E-state index in [1.54, 1.807) is 42.5 Å². The van der Waals surface area contributed by atoms with Gasteiger partial charge in [-0.25, -0.2) is 8.42 Å². The molecule has 0 radical (unpaired) electrons. The van der Waals surface area contributed by atoms with E-state index in [0.717, 1.165) is 15.4 Å². The lowest BCUT2D eigenvalue weighted by molar-refractivity contribution is -0.114. The molecule has 3 rings (SSSR count). The minimum atomic E-state index is -3.96. The molecule has 0 atom stereocenters. The van der Waals surface area contributed by atoms with E-state index in [1.807, 2.05) is 26.0 Å². The Morgan fingerprint density at radius 3 is 2.34 bits per heavy atom. The highest BCUT2D eigenvalue weighted by Crippen LogP contribution is 2.26. The number of aryl methyl sites for hydroxylation is 1. The maximum atomic E-state index is 13.3. The van der Waals surface area contributed by atoms with Crippen LogP contribution in [-0.4, -0.2) is 20.9 Å². The molecular formula is C22H21ClN2O3S. The molecule has 0 aliphatic carbocycles. The molecule has 5 nitrogen and oxygen atoms in total. The quantitative estimate of drug-likeness (QED) is 0.613. The summed E-state index contributed by atoms with van der Waals surface area (Å²) in [5.41, 5.74) is 2.93. The first kappa shape index (κ1) is 20.9. The highest BCUT2D eigenvalue weighted by atomic mass is 35.5. The number of carbonyl (C=O) groups is 1. The van der Waals surface area contributed by atoms with Crippen molar-refractivity contribution in [2.24, 2.45) is 0 Å². The van der Waals surface area contributed by atoms with Crippen LogP contribution in [0.5, 0.6) is 0 Å². The third-order valence-electron chi connectivity index (χ3n) is 4.59. The number of nitrogens with zero attached hydrogens (tertiary/aromatic N) is 1. The number of amides is 1. The number of benzene rings is 3. The number of hydrogen-bond donors (Lipinski definition) is 1. The Bertz CT molecular complexity index is 1130. The van der Waals surface area contributed by atoms with Gasteiger partial charge in [-0.1, -0.05) is 48.0 Å². The molecule has 0 bridgehead atoms. The molecule has 1 N–H and O–H groups in total. The zero-order valence-corrected chi connectivity index (χ0v) is 17.7. The lowest BCUT2D eigenvalue weighted by Gasteiger charge is -2.24. The maximum Gasteiger partial charge on any atom is 0.264 e. The normalized spacial score (nSPS) is 11.1. The van der Waals surface area contributed by atoms with Crippen LogP contribution in [0.1, 0.15) is 11.1 Å². The van der Waals surface area contributed by atoms with E-state index < -0.39 is 15.9 Å². The Balaban J connectivity index is 1.96. The third-order valence-corrected chi connectivity index (χ3v) is 6.62. The smallest absolute Gasteiger partial charge is 0.264 e. The molecule has 3 aromatic carbocycles. The summed E-state index contributed by atoms with van der Waals surface area (Å²) in [5.74, 6) is -0.446. The van der Waals surface area contributed by atoms with E-state index in [4.69, 9.17) is 11.6 Å². The van der Waals surface area contributed by atoms with Crippen LogP contribution in [0.15, 0.2) is 77.7 Å². The lowest BCUT2D eigenvalue weighted by atomic mass is 10.1. The monoisotopic (exact) mass is 428 g/mol. The van der Waals surface area contributed by atoms with Crippen LogP contribution in [0.2, 0.25) is 5.02 Å². The molecule has 0 aliphatic heterocycles. The second-order valence-electron chi connectivity index (χ2n) is 6.60. The first-order valence-electron chi connectivity index (χ1n) is 8.98. The summed E-state index contributed by atoms with van der Waals surface area (Å²) in [6, 6.07) is 20.0. The van der Waals surface area contributed by atoms with E-state index in [2.05, 4.69) is 5.32 Å². The molecule has 0 fully saturated rings. The fourth-order valence-electron chi connectivity index (χ4n) is 2.87. The molecule has 0 unspecified atom stereocenters. The molecule has 0 saturated heterocycles. The highest BCUT2D eigenvalue weighted by Gasteiger charge is 2.27. The van der Waals surface area contributed by atoms with Gasteiger partial charge in [0.05, 0.1) is 10.6 Å². The van der Waals surface area contributed by atoms with Crippen molar-refractivity contribution in [1.29, 1.82) is 0 Å². The van der Waals surface area contributed by atoms with Crippen LogP contribution in [0.4, 0.5) is 11.4 Å². The van der Waals surface area contributed by atoms with Crippen molar-refractivity contribution in [3.05, 3.63) is 88.9 Å². The van der Waals surface area contributed by atoms with Crippen molar-refractivity contribution in [1.82, 2.24) is 0 Å². The number of nitrogens with one attached hydrogen (secondary N) is 1. The molecule has 150 valence electrons. The summed E-state index contributed by atoms with van der Waals surface area (Å²) in [4.78, 5) is 12.9. The van der Waals surface area contributed by atoms with Crippen molar-refractivity contribution in [2.45, 2.75) is 18.7 Å². The molecule has 29 heavy (non-hydrogen) atoms. The van der Waals surface area contributed by atoms with Gasteiger partial charge in [0.1, 0.15) is 6.54 Å². The summed E-state index contributed by atoms with van der Waals surface area (Å²) < 4.78 is 27.6. The summed E-state index contributed by atoms with van der Waals surface area (Å²) in [7, 11) is -3.96. The Morgan fingerprint density at radius 1 is 0.966 bits per heavy atom. The average Bonchev–Trinajstić information content (AvgIpc) is 2.70. The van der Waals surface area contributed by atoms with Gasteiger partial charge in [-0.15, -0.1) is 0 Å². The summed E-state index contributed by atoms with van der Waals surface area (Å²) in [6.07, 6.45) is 0. The molecule has 0 aliphatic rings. The van der Waals surface area contributed by atoms with Crippen molar-refractivity contribution in [3.63, 3.8) is 0 Å². The average molecular weight is 429 g/mol. The van der Waals surface area contributed by atoms with Gasteiger partial charge < -0.3 is 5.32 Å². The Kier molecular flexibility index (Phi) is 6.25. The van der Waals surface area contributed by atoms with E-state index >= 15 is 0 Å². The van der Waals surface area contributed by atoms with Gasteiger partial charge in [-0.3, -0.25) is 9.10 Å². The molecular weight excluding hydrogens is 408 g/mol. The van der Waals surface area contributed by atoms with Gasteiger partial charge in [0.25, 0.3) is 10.0 Å². The van der Waals surface area contributed by atoms with Crippen LogP contribution in [0.25, 0.3) is 0 Å². The lowest BCUT2D eigenvalue weighted by Crippen LogP contribution is -2.38. The first-order chi connectivity index (χ1) is 13.8. The summed E-state index contributed by atoms with van der Waals surface area (Å²) in [6.45, 7) is 3.47. The van der Waals surface area contributed by atoms with Gasteiger partial charge in [-0.05, 0) is 61.4 Å². The van der Waals surface area contributed by atoms with Crippen molar-refractivity contribution < 1.29 is 13.2 Å². The first-order valence-corrected chi connectivity index (χ1v) is 10.8. The Hall–Kier alpha value is -2.83. The Labute approximate surface area is 176 Å². The molecule has 0 aromatic heterocycles.